The Morgan fingerprint density at radius 3 is 2.33 bits per heavy atom. The van der Waals surface area contributed by atoms with E-state index >= 15 is 0 Å². The van der Waals surface area contributed by atoms with Crippen molar-refractivity contribution in [3.05, 3.63) is 18.0 Å². The van der Waals surface area contributed by atoms with E-state index in [2.05, 4.69) is 11.9 Å². The van der Waals surface area contributed by atoms with Crippen LogP contribution in [0.15, 0.2) is 12.7 Å². The molecular weight excluding hydrogens is 152 g/mol. The highest BCUT2D eigenvalue weighted by atomic mass is 14.9. The number of hydrogen-bond donors (Lipinski definition) is 3. The van der Waals surface area contributed by atoms with E-state index in [0.717, 1.165) is 0 Å². The summed E-state index contributed by atoms with van der Waals surface area (Å²) in [5.41, 5.74) is 0.563. The van der Waals surface area contributed by atoms with Crippen molar-refractivity contribution in [2.75, 3.05) is 7.05 Å². The normalized spacial score (nSPS) is 8.75. The van der Waals surface area contributed by atoms with E-state index in [0.29, 0.717) is 18.6 Å². The van der Waals surface area contributed by atoms with E-state index in [4.69, 9.17) is 16.2 Å². The lowest BCUT2D eigenvalue weighted by molar-refractivity contribution is 1.13. The molecule has 4 heteroatoms. The molecule has 0 heterocycles. The third kappa shape index (κ3) is 3.65. The van der Waals surface area contributed by atoms with Crippen LogP contribution in [0.2, 0.25) is 0 Å². The maximum Gasteiger partial charge on any atom is 0.0311 e. The molecule has 0 rings (SSSR count). The van der Waals surface area contributed by atoms with Gasteiger partial charge in [0.25, 0.3) is 0 Å². The molecule has 0 bridgehead atoms. The number of nitrogens with zero attached hydrogens (tertiary/aromatic N) is 1. The van der Waals surface area contributed by atoms with Crippen molar-refractivity contribution in [2.24, 2.45) is 0 Å². The fraction of sp³-hybridized carbons (Fsp3) is 0.375. The van der Waals surface area contributed by atoms with Gasteiger partial charge < -0.3 is 21.5 Å². The van der Waals surface area contributed by atoms with Crippen LogP contribution in [0.1, 0.15) is 12.8 Å². The summed E-state index contributed by atoms with van der Waals surface area (Å²) in [5.74, 6) is -0.00753. The van der Waals surface area contributed by atoms with Gasteiger partial charge in [0, 0.05) is 11.4 Å². The summed E-state index contributed by atoms with van der Waals surface area (Å²) in [4.78, 5) is 0. The zero-order valence-corrected chi connectivity index (χ0v) is 7.15. The Labute approximate surface area is 72.2 Å². The van der Waals surface area contributed by atoms with Crippen LogP contribution in [-0.2, 0) is 0 Å². The molecule has 4 nitrogen and oxygen atoms in total. The van der Waals surface area contributed by atoms with Gasteiger partial charge in [-0.15, -0.1) is 0 Å². The van der Waals surface area contributed by atoms with Crippen molar-refractivity contribution in [2.45, 2.75) is 12.8 Å². The molecular formula is C8H13N4-. The number of hydrogen-bond acceptors (Lipinski definition) is 3. The molecule has 0 fully saturated rings. The fourth-order valence-electron chi connectivity index (χ4n) is 0.615. The van der Waals surface area contributed by atoms with Crippen molar-refractivity contribution in [1.29, 1.82) is 16.2 Å². The van der Waals surface area contributed by atoms with Crippen LogP contribution in [0.3, 0.4) is 0 Å². The first-order chi connectivity index (χ1) is 5.61. The highest BCUT2D eigenvalue weighted by Crippen LogP contribution is 1.97. The van der Waals surface area contributed by atoms with Crippen LogP contribution in [0, 0.1) is 16.2 Å². The molecule has 0 atom stereocenters. The molecule has 0 aliphatic heterocycles. The monoisotopic (exact) mass is 165 g/mol. The number of nitrogens with one attached hydrogen (secondary N) is 3. The van der Waals surface area contributed by atoms with Crippen LogP contribution >= 0.6 is 0 Å². The minimum Gasteiger partial charge on any atom is -0.481 e. The Hall–Kier alpha value is -1.45. The Morgan fingerprint density at radius 1 is 1.33 bits per heavy atom. The summed E-state index contributed by atoms with van der Waals surface area (Å²) in [5, 5.41) is 25.2. The summed E-state index contributed by atoms with van der Waals surface area (Å²) in [6, 6.07) is 0. The minimum absolute atomic E-state index is 0.00753. The molecule has 0 radical (unpaired) electrons. The van der Waals surface area contributed by atoms with Gasteiger partial charge in [0.2, 0.25) is 0 Å². The van der Waals surface area contributed by atoms with Gasteiger partial charge in [-0.1, -0.05) is 13.6 Å². The van der Waals surface area contributed by atoms with Crippen molar-refractivity contribution < 1.29 is 0 Å². The lowest BCUT2D eigenvalue weighted by atomic mass is 10.1. The second-order valence-corrected chi connectivity index (χ2v) is 2.28. The lowest BCUT2D eigenvalue weighted by Crippen LogP contribution is -2.11. The van der Waals surface area contributed by atoms with Crippen molar-refractivity contribution >= 4 is 17.3 Å². The van der Waals surface area contributed by atoms with E-state index in [1.54, 1.807) is 0 Å². The zero-order chi connectivity index (χ0) is 9.56. The molecule has 0 aromatic rings. The SMILES string of the molecule is C=CC(=N)CCC(=N)C(=N)[N-]C. The largest absolute Gasteiger partial charge is 0.481 e. The molecule has 3 N–H and O–H groups in total. The van der Waals surface area contributed by atoms with Gasteiger partial charge in [-0.25, -0.2) is 0 Å². The van der Waals surface area contributed by atoms with Crippen LogP contribution in [0.4, 0.5) is 0 Å². The first-order valence-electron chi connectivity index (χ1n) is 3.57. The molecule has 0 aliphatic carbocycles. The van der Waals surface area contributed by atoms with Gasteiger partial charge in [0.05, 0.1) is 0 Å². The maximum atomic E-state index is 7.31. The fourth-order valence-corrected chi connectivity index (χ4v) is 0.615. The van der Waals surface area contributed by atoms with Crippen molar-refractivity contribution in [3.8, 4) is 0 Å². The van der Waals surface area contributed by atoms with Gasteiger partial charge in [-0.2, -0.15) is 0 Å². The smallest absolute Gasteiger partial charge is 0.0311 e. The van der Waals surface area contributed by atoms with Crippen molar-refractivity contribution in [1.82, 2.24) is 0 Å². The standard InChI is InChI=1S/C8H13N4/c1-3-6(9)4-5-7(10)8(11)12-2/h3,9-10H,1,4-5H2,2H3,(H-,11,12)/q-1. The molecule has 0 aromatic carbocycles. The molecule has 0 saturated carbocycles. The summed E-state index contributed by atoms with van der Waals surface area (Å²) < 4.78 is 0. The van der Waals surface area contributed by atoms with Crippen molar-refractivity contribution in [3.63, 3.8) is 0 Å². The molecule has 66 valence electrons. The van der Waals surface area contributed by atoms with Gasteiger partial charge in [-0.05, 0) is 24.8 Å². The third-order valence-electron chi connectivity index (χ3n) is 1.40. The second-order valence-electron chi connectivity index (χ2n) is 2.28. The van der Waals surface area contributed by atoms with E-state index in [-0.39, 0.29) is 11.5 Å². The lowest BCUT2D eigenvalue weighted by Gasteiger charge is -2.11. The average molecular weight is 165 g/mol. The molecule has 0 aromatic heterocycles. The van der Waals surface area contributed by atoms with E-state index < -0.39 is 0 Å². The van der Waals surface area contributed by atoms with Crippen LogP contribution in [0.5, 0.6) is 0 Å². The first kappa shape index (κ1) is 10.6. The molecule has 0 amide bonds. The minimum atomic E-state index is -0.00753. The Bertz CT molecular complexity index is 217. The van der Waals surface area contributed by atoms with Crippen LogP contribution in [0.25, 0.3) is 5.32 Å². The van der Waals surface area contributed by atoms with Gasteiger partial charge in [-0.3, -0.25) is 0 Å². The summed E-state index contributed by atoms with van der Waals surface area (Å²) in [6.45, 7) is 3.43. The second kappa shape index (κ2) is 5.23. The van der Waals surface area contributed by atoms with Gasteiger partial charge >= 0.3 is 0 Å². The quantitative estimate of drug-likeness (QED) is 0.411. The maximum absolute atomic E-state index is 7.31. The third-order valence-corrected chi connectivity index (χ3v) is 1.40. The van der Waals surface area contributed by atoms with E-state index in [9.17, 15) is 0 Å². The predicted molar refractivity (Wildman–Crippen MR) is 51.9 cm³/mol. The highest BCUT2D eigenvalue weighted by molar-refractivity contribution is 6.43. The highest BCUT2D eigenvalue weighted by Gasteiger charge is 1.97. The van der Waals surface area contributed by atoms with E-state index in [1.807, 2.05) is 0 Å². The predicted octanol–water partition coefficient (Wildman–Crippen LogP) is 1.97. The molecule has 0 spiro atoms. The summed E-state index contributed by atoms with van der Waals surface area (Å²) >= 11 is 0. The van der Waals surface area contributed by atoms with Crippen LogP contribution in [-0.4, -0.2) is 24.3 Å². The van der Waals surface area contributed by atoms with E-state index in [1.165, 1.54) is 13.1 Å². The summed E-state index contributed by atoms with van der Waals surface area (Å²) in [6.07, 6.45) is 2.29. The Kier molecular flexibility index (Phi) is 4.60. The topological polar surface area (TPSA) is 85.7 Å². The Morgan fingerprint density at radius 2 is 1.92 bits per heavy atom. The number of rotatable bonds is 5. The average Bonchev–Trinajstić information content (AvgIpc) is 2.11. The number of allylic oxidation sites excluding steroid dienone is 1. The first-order valence-corrected chi connectivity index (χ1v) is 3.57. The van der Waals surface area contributed by atoms with Gasteiger partial charge in [0.15, 0.2) is 0 Å². The van der Waals surface area contributed by atoms with Crippen LogP contribution < -0.4 is 0 Å². The molecule has 0 unspecified atom stereocenters. The van der Waals surface area contributed by atoms with Gasteiger partial charge in [0.1, 0.15) is 0 Å². The number of amidine groups is 1. The summed E-state index contributed by atoms with van der Waals surface area (Å²) in [7, 11) is 1.48. The molecule has 0 aliphatic rings. The molecule has 0 saturated heterocycles. The Balaban J connectivity index is 3.79. The molecule has 12 heavy (non-hydrogen) atoms. The zero-order valence-electron chi connectivity index (χ0n) is 7.15.